The highest BCUT2D eigenvalue weighted by Gasteiger charge is 2.11. The van der Waals surface area contributed by atoms with Gasteiger partial charge in [-0.2, -0.15) is 0 Å². The van der Waals surface area contributed by atoms with Gasteiger partial charge in [0.25, 0.3) is 0 Å². The van der Waals surface area contributed by atoms with Gasteiger partial charge in [0.2, 0.25) is 5.69 Å². The van der Waals surface area contributed by atoms with Crippen LogP contribution in [0.5, 0.6) is 0 Å². The summed E-state index contributed by atoms with van der Waals surface area (Å²) in [7, 11) is 0. The number of pyridine rings is 1. The second-order valence-corrected chi connectivity index (χ2v) is 2.18. The number of rotatable bonds is 3. The fraction of sp³-hybridized carbons (Fsp3) is 0. The van der Waals surface area contributed by atoms with E-state index in [1.54, 1.807) is 0 Å². The van der Waals surface area contributed by atoms with E-state index in [-0.39, 0.29) is 11.3 Å². The number of aromatic nitrogens is 1. The summed E-state index contributed by atoms with van der Waals surface area (Å²) in [6, 6.07) is 2.17. The Kier molecular flexibility index (Phi) is 2.44. The molecule has 6 nitrogen and oxygen atoms in total. The van der Waals surface area contributed by atoms with Gasteiger partial charge in [-0.1, -0.05) is 0 Å². The molecule has 0 saturated carbocycles. The van der Waals surface area contributed by atoms with Gasteiger partial charge >= 0.3 is 5.82 Å². The van der Waals surface area contributed by atoms with Crippen LogP contribution in [-0.2, 0) is 0 Å². The third-order valence-corrected chi connectivity index (χ3v) is 1.30. The molecule has 0 atom stereocenters. The second-order valence-electron chi connectivity index (χ2n) is 2.18. The molecule has 1 rings (SSSR count). The van der Waals surface area contributed by atoms with Crippen molar-refractivity contribution in [2.75, 3.05) is 0 Å². The summed E-state index contributed by atoms with van der Waals surface area (Å²) in [5.74, 6) is -0.508. The van der Waals surface area contributed by atoms with E-state index in [2.05, 4.69) is 4.98 Å². The number of carbonyl (C=O) groups is 2. The molecule has 13 heavy (non-hydrogen) atoms. The standard InChI is InChI=1S/C7H4N2O4/c10-3-5-1-6(4-11)8-7(2-5)9(12)13/h1-4H. The van der Waals surface area contributed by atoms with Crippen molar-refractivity contribution in [1.29, 1.82) is 0 Å². The van der Waals surface area contributed by atoms with Gasteiger partial charge in [0.1, 0.15) is 0 Å². The molecule has 0 fully saturated rings. The largest absolute Gasteiger partial charge is 0.364 e. The minimum atomic E-state index is -0.764. The van der Waals surface area contributed by atoms with Crippen LogP contribution in [0.4, 0.5) is 5.82 Å². The fourth-order valence-electron chi connectivity index (χ4n) is 0.780. The number of carbonyl (C=O) groups excluding carboxylic acids is 2. The molecule has 1 heterocycles. The van der Waals surface area contributed by atoms with Crippen molar-refractivity contribution in [3.05, 3.63) is 33.5 Å². The van der Waals surface area contributed by atoms with Crippen LogP contribution in [0.2, 0.25) is 0 Å². The van der Waals surface area contributed by atoms with Gasteiger partial charge in [-0.3, -0.25) is 9.59 Å². The zero-order valence-corrected chi connectivity index (χ0v) is 6.34. The van der Waals surface area contributed by atoms with Gasteiger partial charge in [-0.05, 0) is 9.91 Å². The predicted octanol–water partition coefficient (Wildman–Crippen LogP) is 0.615. The summed E-state index contributed by atoms with van der Waals surface area (Å²) in [5, 5.41) is 10.2. The maximum absolute atomic E-state index is 10.3. The average molecular weight is 180 g/mol. The van der Waals surface area contributed by atoms with Gasteiger partial charge < -0.3 is 10.1 Å². The maximum Gasteiger partial charge on any atom is 0.364 e. The summed E-state index contributed by atoms with van der Waals surface area (Å²) in [5.41, 5.74) is -0.0694. The predicted molar refractivity (Wildman–Crippen MR) is 41.7 cm³/mol. The molecular weight excluding hydrogens is 176 g/mol. The lowest BCUT2D eigenvalue weighted by Crippen LogP contribution is -1.97. The first-order chi connectivity index (χ1) is 6.17. The van der Waals surface area contributed by atoms with E-state index in [4.69, 9.17) is 0 Å². The Morgan fingerprint density at radius 1 is 1.31 bits per heavy atom. The number of aldehydes is 2. The SMILES string of the molecule is O=Cc1cc(C=O)nc([N+](=O)[O-])c1. The molecule has 0 bridgehead atoms. The first-order valence-electron chi connectivity index (χ1n) is 3.24. The second kappa shape index (κ2) is 3.53. The van der Waals surface area contributed by atoms with Crippen LogP contribution in [0, 0.1) is 10.1 Å². The lowest BCUT2D eigenvalue weighted by molar-refractivity contribution is -0.389. The zero-order valence-electron chi connectivity index (χ0n) is 6.34. The summed E-state index contributed by atoms with van der Waals surface area (Å²) >= 11 is 0. The van der Waals surface area contributed by atoms with Crippen LogP contribution in [0.3, 0.4) is 0 Å². The van der Waals surface area contributed by atoms with E-state index in [0.29, 0.717) is 12.6 Å². The van der Waals surface area contributed by atoms with Crippen LogP contribution in [0.1, 0.15) is 20.8 Å². The molecule has 0 saturated heterocycles. The Morgan fingerprint density at radius 2 is 2.00 bits per heavy atom. The summed E-state index contributed by atoms with van der Waals surface area (Å²) in [6.45, 7) is 0. The molecule has 0 N–H and O–H groups in total. The Bertz CT molecular complexity index is 349. The highest BCUT2D eigenvalue weighted by Crippen LogP contribution is 2.09. The molecule has 0 aliphatic rings. The monoisotopic (exact) mass is 180 g/mol. The van der Waals surface area contributed by atoms with Gasteiger partial charge in [0.15, 0.2) is 12.6 Å². The van der Waals surface area contributed by atoms with E-state index in [9.17, 15) is 19.7 Å². The molecule has 0 aliphatic heterocycles. The van der Waals surface area contributed by atoms with E-state index >= 15 is 0 Å². The lowest BCUT2D eigenvalue weighted by atomic mass is 10.2. The van der Waals surface area contributed by atoms with Crippen molar-refractivity contribution in [3.63, 3.8) is 0 Å². The molecule has 0 aliphatic carbocycles. The Morgan fingerprint density at radius 3 is 2.46 bits per heavy atom. The Balaban J connectivity index is 3.30. The van der Waals surface area contributed by atoms with Crippen LogP contribution < -0.4 is 0 Å². The minimum Gasteiger partial charge on any atom is -0.358 e. The van der Waals surface area contributed by atoms with E-state index in [1.807, 2.05) is 0 Å². The molecule has 0 unspecified atom stereocenters. The Hall–Kier alpha value is -2.11. The molecular formula is C7H4N2O4. The number of nitro groups is 1. The van der Waals surface area contributed by atoms with Gasteiger partial charge in [0.05, 0.1) is 0 Å². The van der Waals surface area contributed by atoms with Gasteiger partial charge in [-0.15, -0.1) is 0 Å². The molecule has 0 radical (unpaired) electrons. The van der Waals surface area contributed by atoms with Crippen LogP contribution in [0.15, 0.2) is 12.1 Å². The van der Waals surface area contributed by atoms with Crippen molar-refractivity contribution >= 4 is 18.4 Å². The quantitative estimate of drug-likeness (QED) is 0.386. The third kappa shape index (κ3) is 1.92. The van der Waals surface area contributed by atoms with Crippen molar-refractivity contribution in [2.45, 2.75) is 0 Å². The topological polar surface area (TPSA) is 90.2 Å². The fourth-order valence-corrected chi connectivity index (χ4v) is 0.780. The molecule has 0 amide bonds. The number of hydrogen-bond donors (Lipinski definition) is 0. The first kappa shape index (κ1) is 8.98. The maximum atomic E-state index is 10.3. The number of nitrogens with zero attached hydrogens (tertiary/aromatic N) is 2. The highest BCUT2D eigenvalue weighted by atomic mass is 16.6. The lowest BCUT2D eigenvalue weighted by Gasteiger charge is -1.92. The van der Waals surface area contributed by atoms with Gasteiger partial charge in [-0.25, -0.2) is 0 Å². The highest BCUT2D eigenvalue weighted by molar-refractivity contribution is 5.81. The molecule has 66 valence electrons. The number of hydrogen-bond acceptors (Lipinski definition) is 5. The summed E-state index contributed by atoms with van der Waals surface area (Å²) in [4.78, 5) is 33.4. The molecule has 1 aromatic heterocycles. The van der Waals surface area contributed by atoms with Crippen molar-refractivity contribution in [2.24, 2.45) is 0 Å². The van der Waals surface area contributed by atoms with Crippen molar-refractivity contribution in [1.82, 2.24) is 4.98 Å². The Labute approximate surface area is 72.4 Å². The normalized spacial score (nSPS) is 9.23. The van der Waals surface area contributed by atoms with E-state index in [1.165, 1.54) is 6.07 Å². The van der Waals surface area contributed by atoms with Crippen LogP contribution in [0.25, 0.3) is 0 Å². The minimum absolute atomic E-state index is 0.0591. The first-order valence-corrected chi connectivity index (χ1v) is 3.24. The summed E-state index contributed by atoms with van der Waals surface area (Å²) < 4.78 is 0. The smallest absolute Gasteiger partial charge is 0.358 e. The molecule has 0 aromatic carbocycles. The van der Waals surface area contributed by atoms with Crippen LogP contribution in [-0.4, -0.2) is 22.5 Å². The third-order valence-electron chi connectivity index (χ3n) is 1.30. The zero-order chi connectivity index (χ0) is 9.84. The average Bonchev–Trinajstić information content (AvgIpc) is 2.16. The molecule has 6 heteroatoms. The molecule has 1 aromatic rings. The van der Waals surface area contributed by atoms with Crippen molar-refractivity contribution < 1.29 is 14.5 Å². The van der Waals surface area contributed by atoms with Crippen molar-refractivity contribution in [3.8, 4) is 0 Å². The van der Waals surface area contributed by atoms with E-state index < -0.39 is 10.7 Å². The van der Waals surface area contributed by atoms with Gasteiger partial charge in [0, 0.05) is 17.7 Å². The van der Waals surface area contributed by atoms with Crippen LogP contribution >= 0.6 is 0 Å². The molecule has 0 spiro atoms. The summed E-state index contributed by atoms with van der Waals surface area (Å²) in [6.07, 6.45) is 0.766. The van der Waals surface area contributed by atoms with E-state index in [0.717, 1.165) is 6.07 Å².